The fourth-order valence-electron chi connectivity index (χ4n) is 0.336. The molecule has 0 fully saturated rings. The SMILES string of the molecule is C=CCC(=C)[CH]C#N. The van der Waals surface area contributed by atoms with Crippen molar-refractivity contribution < 1.29 is 0 Å². The molecule has 1 radical (unpaired) electrons. The van der Waals surface area contributed by atoms with Crippen molar-refractivity contribution in [2.45, 2.75) is 6.42 Å². The molecule has 0 N–H and O–H groups in total. The van der Waals surface area contributed by atoms with Crippen LogP contribution in [0.25, 0.3) is 0 Å². The molecule has 0 aliphatic rings. The lowest BCUT2D eigenvalue weighted by molar-refractivity contribution is 1.26. The highest BCUT2D eigenvalue weighted by molar-refractivity contribution is 5.20. The van der Waals surface area contributed by atoms with Gasteiger partial charge in [0.1, 0.15) is 0 Å². The summed E-state index contributed by atoms with van der Waals surface area (Å²) in [6.45, 7) is 7.08. The predicted molar refractivity (Wildman–Crippen MR) is 33.9 cm³/mol. The molecule has 0 heterocycles. The largest absolute Gasteiger partial charge is 0.198 e. The highest BCUT2D eigenvalue weighted by atomic mass is 14.2. The first-order valence-electron chi connectivity index (χ1n) is 2.32. The zero-order chi connectivity index (χ0) is 6.41. The van der Waals surface area contributed by atoms with Crippen LogP contribution in [0.2, 0.25) is 0 Å². The topological polar surface area (TPSA) is 23.8 Å². The van der Waals surface area contributed by atoms with E-state index in [2.05, 4.69) is 13.2 Å². The third-order valence-electron chi connectivity index (χ3n) is 0.675. The Morgan fingerprint density at radius 1 is 1.75 bits per heavy atom. The maximum Gasteiger partial charge on any atom is 0.0869 e. The van der Waals surface area contributed by atoms with E-state index in [1.54, 1.807) is 6.08 Å². The average Bonchev–Trinajstić information content (AvgIpc) is 1.68. The standard InChI is InChI=1S/C7H8N/c1-3-4-7(2)5-6-8/h3,5H,1-2,4H2. The average molecular weight is 106 g/mol. The van der Waals surface area contributed by atoms with Crippen LogP contribution in [0.1, 0.15) is 6.42 Å². The first-order chi connectivity index (χ1) is 3.81. The summed E-state index contributed by atoms with van der Waals surface area (Å²) in [4.78, 5) is 0. The van der Waals surface area contributed by atoms with E-state index in [4.69, 9.17) is 5.26 Å². The van der Waals surface area contributed by atoms with E-state index < -0.39 is 0 Å². The molecule has 0 aromatic carbocycles. The number of hydrogen-bond donors (Lipinski definition) is 0. The van der Waals surface area contributed by atoms with Gasteiger partial charge in [-0.25, -0.2) is 0 Å². The van der Waals surface area contributed by atoms with Gasteiger partial charge < -0.3 is 0 Å². The van der Waals surface area contributed by atoms with E-state index in [1.807, 2.05) is 6.07 Å². The van der Waals surface area contributed by atoms with Gasteiger partial charge in [0.25, 0.3) is 0 Å². The fourth-order valence-corrected chi connectivity index (χ4v) is 0.336. The van der Waals surface area contributed by atoms with Crippen molar-refractivity contribution in [3.8, 4) is 6.07 Å². The van der Waals surface area contributed by atoms with Crippen molar-refractivity contribution in [3.05, 3.63) is 31.2 Å². The summed E-state index contributed by atoms with van der Waals surface area (Å²) < 4.78 is 0. The lowest BCUT2D eigenvalue weighted by Gasteiger charge is -1.88. The first kappa shape index (κ1) is 6.97. The Bertz CT molecular complexity index is 128. The third-order valence-corrected chi connectivity index (χ3v) is 0.675. The minimum Gasteiger partial charge on any atom is -0.198 e. The predicted octanol–water partition coefficient (Wildman–Crippen LogP) is 1.85. The Kier molecular flexibility index (Phi) is 3.60. The van der Waals surface area contributed by atoms with Crippen LogP contribution < -0.4 is 0 Å². The lowest BCUT2D eigenvalue weighted by atomic mass is 10.2. The van der Waals surface area contributed by atoms with E-state index in [0.717, 1.165) is 5.57 Å². The molecule has 0 amide bonds. The summed E-state index contributed by atoms with van der Waals surface area (Å²) >= 11 is 0. The molecule has 0 unspecified atom stereocenters. The van der Waals surface area contributed by atoms with Crippen LogP contribution >= 0.6 is 0 Å². The molecule has 0 bridgehead atoms. The van der Waals surface area contributed by atoms with Crippen LogP contribution in [-0.4, -0.2) is 0 Å². The van der Waals surface area contributed by atoms with Crippen LogP contribution in [0.15, 0.2) is 24.8 Å². The van der Waals surface area contributed by atoms with Crippen LogP contribution in [0.3, 0.4) is 0 Å². The second-order valence-electron chi connectivity index (χ2n) is 1.42. The van der Waals surface area contributed by atoms with E-state index in [0.29, 0.717) is 6.42 Å². The molecule has 0 aliphatic carbocycles. The van der Waals surface area contributed by atoms with Crippen LogP contribution in [0.4, 0.5) is 0 Å². The normalized spacial score (nSPS) is 7.38. The molecule has 0 aliphatic heterocycles. The summed E-state index contributed by atoms with van der Waals surface area (Å²) in [5, 5.41) is 8.06. The summed E-state index contributed by atoms with van der Waals surface area (Å²) in [7, 11) is 0. The van der Waals surface area contributed by atoms with Crippen molar-refractivity contribution in [1.82, 2.24) is 0 Å². The maximum atomic E-state index is 8.06. The minimum atomic E-state index is 0.702. The summed E-state index contributed by atoms with van der Waals surface area (Å²) in [6.07, 6.45) is 3.84. The molecule has 1 heteroatoms. The van der Waals surface area contributed by atoms with Gasteiger partial charge in [0.05, 0.1) is 12.5 Å². The molecular weight excluding hydrogens is 98.1 g/mol. The van der Waals surface area contributed by atoms with Gasteiger partial charge in [-0.3, -0.25) is 0 Å². The maximum absolute atomic E-state index is 8.06. The second-order valence-corrected chi connectivity index (χ2v) is 1.42. The molecule has 41 valence electrons. The Balaban J connectivity index is 3.36. The zero-order valence-corrected chi connectivity index (χ0v) is 4.72. The van der Waals surface area contributed by atoms with Crippen LogP contribution in [0, 0.1) is 17.8 Å². The van der Waals surface area contributed by atoms with Gasteiger partial charge in [-0.05, 0) is 6.42 Å². The Hall–Kier alpha value is -1.03. The lowest BCUT2D eigenvalue weighted by Crippen LogP contribution is -1.74. The van der Waals surface area contributed by atoms with E-state index in [1.165, 1.54) is 6.42 Å². The van der Waals surface area contributed by atoms with Gasteiger partial charge >= 0.3 is 0 Å². The van der Waals surface area contributed by atoms with Gasteiger partial charge in [-0.2, -0.15) is 5.26 Å². The Morgan fingerprint density at radius 3 is 2.75 bits per heavy atom. The van der Waals surface area contributed by atoms with E-state index >= 15 is 0 Å². The Labute approximate surface area is 49.9 Å². The molecule has 0 spiro atoms. The van der Waals surface area contributed by atoms with E-state index in [9.17, 15) is 0 Å². The van der Waals surface area contributed by atoms with Gasteiger partial charge in [0.2, 0.25) is 0 Å². The summed E-state index contributed by atoms with van der Waals surface area (Å²) in [5.74, 6) is 0. The van der Waals surface area contributed by atoms with Gasteiger partial charge in [0, 0.05) is 0 Å². The number of rotatable bonds is 3. The number of nitriles is 1. The van der Waals surface area contributed by atoms with Crippen molar-refractivity contribution >= 4 is 0 Å². The monoisotopic (exact) mass is 106 g/mol. The Morgan fingerprint density at radius 2 is 2.38 bits per heavy atom. The van der Waals surface area contributed by atoms with Crippen molar-refractivity contribution in [3.63, 3.8) is 0 Å². The molecule has 1 nitrogen and oxygen atoms in total. The number of allylic oxidation sites excluding steroid dienone is 2. The van der Waals surface area contributed by atoms with Crippen LogP contribution in [0.5, 0.6) is 0 Å². The van der Waals surface area contributed by atoms with E-state index in [-0.39, 0.29) is 0 Å². The van der Waals surface area contributed by atoms with Crippen molar-refractivity contribution in [2.75, 3.05) is 0 Å². The highest BCUT2D eigenvalue weighted by Crippen LogP contribution is 1.99. The van der Waals surface area contributed by atoms with Gasteiger partial charge in [-0.15, -0.1) is 6.58 Å². The number of nitrogens with zero attached hydrogens (tertiary/aromatic N) is 1. The number of hydrogen-bond acceptors (Lipinski definition) is 1. The second kappa shape index (κ2) is 4.14. The van der Waals surface area contributed by atoms with Crippen LogP contribution in [-0.2, 0) is 0 Å². The molecular formula is C7H8N. The minimum absolute atomic E-state index is 0.702. The quantitative estimate of drug-likeness (QED) is 0.503. The zero-order valence-electron chi connectivity index (χ0n) is 4.72. The van der Waals surface area contributed by atoms with Crippen molar-refractivity contribution in [2.24, 2.45) is 0 Å². The highest BCUT2D eigenvalue weighted by Gasteiger charge is 1.86. The van der Waals surface area contributed by atoms with Gasteiger partial charge in [0.15, 0.2) is 0 Å². The fraction of sp³-hybridized carbons (Fsp3) is 0.143. The van der Waals surface area contributed by atoms with Gasteiger partial charge in [-0.1, -0.05) is 18.2 Å². The molecule has 0 atom stereocenters. The first-order valence-corrected chi connectivity index (χ1v) is 2.32. The van der Waals surface area contributed by atoms with Crippen molar-refractivity contribution in [1.29, 1.82) is 5.26 Å². The molecule has 0 rings (SSSR count). The third kappa shape index (κ3) is 3.17. The molecule has 0 aromatic rings. The molecule has 0 aromatic heterocycles. The molecule has 0 saturated carbocycles. The summed E-state index contributed by atoms with van der Waals surface area (Å²) in [6, 6.07) is 1.88. The smallest absolute Gasteiger partial charge is 0.0869 e. The molecule has 8 heavy (non-hydrogen) atoms. The molecule has 0 saturated heterocycles. The summed E-state index contributed by atoms with van der Waals surface area (Å²) in [5.41, 5.74) is 0.808.